The molecule has 0 saturated heterocycles. The minimum Gasteiger partial charge on any atom is -0.384 e. The molecule has 0 bridgehead atoms. The van der Waals surface area contributed by atoms with Gasteiger partial charge in [-0.1, -0.05) is 23.7 Å². The summed E-state index contributed by atoms with van der Waals surface area (Å²) in [7, 11) is -3.78. The number of sulfonamides is 1. The first kappa shape index (κ1) is 15.1. The minimum atomic E-state index is -3.78. The zero-order chi connectivity index (χ0) is 15.7. The molecule has 0 unspecified atom stereocenters. The molecule has 0 aliphatic carbocycles. The molecule has 116 valence electrons. The lowest BCUT2D eigenvalue weighted by Crippen LogP contribution is -2.19. The van der Waals surface area contributed by atoms with E-state index >= 15 is 0 Å². The predicted molar refractivity (Wildman–Crippen MR) is 85.5 cm³/mol. The molecular weight excluding hydrogens is 327 g/mol. The SMILES string of the molecule is O=S(=O)(Nc1ccc(F)c(Cl)c1)c1cccc2c1NCCC2. The highest BCUT2D eigenvalue weighted by Crippen LogP contribution is 2.31. The van der Waals surface area contributed by atoms with Gasteiger partial charge in [0.05, 0.1) is 16.4 Å². The van der Waals surface area contributed by atoms with Crippen LogP contribution in [0.4, 0.5) is 15.8 Å². The van der Waals surface area contributed by atoms with Crippen LogP contribution < -0.4 is 10.0 Å². The van der Waals surface area contributed by atoms with Crippen molar-refractivity contribution < 1.29 is 12.8 Å². The molecular formula is C15H14ClFN2O2S. The number of rotatable bonds is 3. The molecule has 1 heterocycles. The maximum Gasteiger partial charge on any atom is 0.263 e. The van der Waals surface area contributed by atoms with Crippen molar-refractivity contribution in [2.45, 2.75) is 17.7 Å². The first-order valence-electron chi connectivity index (χ1n) is 6.81. The zero-order valence-corrected chi connectivity index (χ0v) is 13.1. The number of benzene rings is 2. The zero-order valence-electron chi connectivity index (χ0n) is 11.6. The van der Waals surface area contributed by atoms with Gasteiger partial charge in [-0.2, -0.15) is 0 Å². The first-order chi connectivity index (χ1) is 10.5. The van der Waals surface area contributed by atoms with Crippen LogP contribution in [0.2, 0.25) is 5.02 Å². The van der Waals surface area contributed by atoms with E-state index < -0.39 is 15.8 Å². The highest BCUT2D eigenvalue weighted by atomic mass is 35.5. The van der Waals surface area contributed by atoms with Gasteiger partial charge < -0.3 is 5.32 Å². The smallest absolute Gasteiger partial charge is 0.263 e. The van der Waals surface area contributed by atoms with Crippen LogP contribution in [0.1, 0.15) is 12.0 Å². The number of fused-ring (bicyclic) bond motifs is 1. The van der Waals surface area contributed by atoms with Crippen molar-refractivity contribution in [3.05, 3.63) is 52.8 Å². The van der Waals surface area contributed by atoms with Crippen LogP contribution in [0, 0.1) is 5.82 Å². The van der Waals surface area contributed by atoms with Gasteiger partial charge in [0.2, 0.25) is 0 Å². The van der Waals surface area contributed by atoms with Gasteiger partial charge in [0, 0.05) is 6.54 Å². The summed E-state index contributed by atoms with van der Waals surface area (Å²) in [6.07, 6.45) is 1.81. The van der Waals surface area contributed by atoms with Crippen molar-refractivity contribution in [3.8, 4) is 0 Å². The molecule has 0 spiro atoms. The Morgan fingerprint density at radius 1 is 1.23 bits per heavy atom. The molecule has 0 fully saturated rings. The van der Waals surface area contributed by atoms with Crippen LogP contribution in [-0.2, 0) is 16.4 Å². The molecule has 2 aromatic carbocycles. The summed E-state index contributed by atoms with van der Waals surface area (Å²) in [5.74, 6) is -0.594. The quantitative estimate of drug-likeness (QED) is 0.896. The maximum atomic E-state index is 13.2. The third-order valence-electron chi connectivity index (χ3n) is 3.50. The van der Waals surface area contributed by atoms with Crippen LogP contribution in [0.25, 0.3) is 0 Å². The summed E-state index contributed by atoms with van der Waals surface area (Å²) >= 11 is 5.68. The van der Waals surface area contributed by atoms with E-state index in [0.29, 0.717) is 5.69 Å². The molecule has 1 aliphatic rings. The summed E-state index contributed by atoms with van der Waals surface area (Å²) in [5, 5.41) is 3.01. The van der Waals surface area contributed by atoms with Gasteiger partial charge in [-0.25, -0.2) is 12.8 Å². The Bertz CT molecular complexity index is 824. The van der Waals surface area contributed by atoms with Crippen LogP contribution in [0.3, 0.4) is 0 Å². The van der Waals surface area contributed by atoms with Gasteiger partial charge in [-0.05, 0) is 42.7 Å². The summed E-state index contributed by atoms with van der Waals surface area (Å²) < 4.78 is 40.8. The van der Waals surface area contributed by atoms with Crippen LogP contribution in [0.15, 0.2) is 41.3 Å². The van der Waals surface area contributed by atoms with Crippen LogP contribution in [0.5, 0.6) is 0 Å². The van der Waals surface area contributed by atoms with Crippen molar-refractivity contribution in [3.63, 3.8) is 0 Å². The highest BCUT2D eigenvalue weighted by molar-refractivity contribution is 7.92. The molecule has 4 nitrogen and oxygen atoms in total. The standard InChI is InChI=1S/C15H14ClFN2O2S/c16-12-9-11(6-7-13(12)17)19-22(20,21)14-5-1-3-10-4-2-8-18-15(10)14/h1,3,5-7,9,18-19H,2,4,8H2. The molecule has 2 aromatic rings. The fraction of sp³-hybridized carbons (Fsp3) is 0.200. The predicted octanol–water partition coefficient (Wildman–Crippen LogP) is 3.64. The number of nitrogens with one attached hydrogen (secondary N) is 2. The molecule has 7 heteroatoms. The number of halogens is 2. The van der Waals surface area contributed by atoms with E-state index in [2.05, 4.69) is 10.0 Å². The monoisotopic (exact) mass is 340 g/mol. The van der Waals surface area contributed by atoms with E-state index in [9.17, 15) is 12.8 Å². The number of para-hydroxylation sites is 1. The average Bonchev–Trinajstić information content (AvgIpc) is 2.50. The largest absolute Gasteiger partial charge is 0.384 e. The molecule has 1 aliphatic heterocycles. The Morgan fingerprint density at radius 2 is 2.05 bits per heavy atom. The van der Waals surface area contributed by atoms with Crippen molar-refractivity contribution in [2.75, 3.05) is 16.6 Å². The van der Waals surface area contributed by atoms with E-state index in [1.165, 1.54) is 12.1 Å². The van der Waals surface area contributed by atoms with Crippen molar-refractivity contribution in [2.24, 2.45) is 0 Å². The van der Waals surface area contributed by atoms with Gasteiger partial charge in [0.15, 0.2) is 0 Å². The normalized spacial score (nSPS) is 14.1. The molecule has 0 aromatic heterocycles. The highest BCUT2D eigenvalue weighted by Gasteiger charge is 2.22. The van der Waals surface area contributed by atoms with Gasteiger partial charge in [-0.3, -0.25) is 4.72 Å². The Labute approximate surface area is 133 Å². The molecule has 0 saturated carbocycles. The van der Waals surface area contributed by atoms with E-state index in [1.54, 1.807) is 12.1 Å². The number of anilines is 2. The summed E-state index contributed by atoms with van der Waals surface area (Å²) in [5.41, 5.74) is 1.83. The number of hydrogen-bond donors (Lipinski definition) is 2. The average molecular weight is 341 g/mol. The minimum absolute atomic E-state index is 0.131. The molecule has 0 atom stereocenters. The second-order valence-corrected chi connectivity index (χ2v) is 7.11. The first-order valence-corrected chi connectivity index (χ1v) is 8.67. The molecule has 2 N–H and O–H groups in total. The van der Waals surface area contributed by atoms with Crippen LogP contribution >= 0.6 is 11.6 Å². The van der Waals surface area contributed by atoms with Crippen molar-refractivity contribution >= 4 is 33.0 Å². The Kier molecular flexibility index (Phi) is 3.97. The van der Waals surface area contributed by atoms with E-state index in [4.69, 9.17) is 11.6 Å². The maximum absolute atomic E-state index is 13.2. The molecule has 3 rings (SSSR count). The third kappa shape index (κ3) is 2.89. The lowest BCUT2D eigenvalue weighted by molar-refractivity contribution is 0.600. The van der Waals surface area contributed by atoms with Gasteiger partial charge in [0.25, 0.3) is 10.0 Å². The Balaban J connectivity index is 1.98. The second kappa shape index (κ2) is 5.78. The van der Waals surface area contributed by atoms with Crippen molar-refractivity contribution in [1.29, 1.82) is 0 Å². The Hall–Kier alpha value is -1.79. The molecule has 0 amide bonds. The van der Waals surface area contributed by atoms with E-state index in [-0.39, 0.29) is 15.6 Å². The lowest BCUT2D eigenvalue weighted by atomic mass is 10.0. The Morgan fingerprint density at radius 3 is 2.82 bits per heavy atom. The fourth-order valence-electron chi connectivity index (χ4n) is 2.47. The van der Waals surface area contributed by atoms with Crippen molar-refractivity contribution in [1.82, 2.24) is 0 Å². The van der Waals surface area contributed by atoms with E-state index in [0.717, 1.165) is 31.0 Å². The van der Waals surface area contributed by atoms with Gasteiger partial charge in [-0.15, -0.1) is 0 Å². The fourth-order valence-corrected chi connectivity index (χ4v) is 3.93. The summed E-state index contributed by atoms with van der Waals surface area (Å²) in [6, 6.07) is 8.88. The van der Waals surface area contributed by atoms with E-state index in [1.807, 2.05) is 6.07 Å². The third-order valence-corrected chi connectivity index (χ3v) is 5.21. The van der Waals surface area contributed by atoms with Gasteiger partial charge in [0.1, 0.15) is 10.7 Å². The van der Waals surface area contributed by atoms with Crippen LogP contribution in [-0.4, -0.2) is 15.0 Å². The second-order valence-electron chi connectivity index (χ2n) is 5.05. The summed E-state index contributed by atoms with van der Waals surface area (Å²) in [6.45, 7) is 0.738. The van der Waals surface area contributed by atoms with Gasteiger partial charge >= 0.3 is 0 Å². The topological polar surface area (TPSA) is 58.2 Å². The summed E-state index contributed by atoms with van der Waals surface area (Å²) in [4.78, 5) is 0.185. The molecule has 22 heavy (non-hydrogen) atoms. The number of hydrogen-bond acceptors (Lipinski definition) is 3. The number of aryl methyl sites for hydroxylation is 1. The lowest BCUT2D eigenvalue weighted by Gasteiger charge is -2.21. The molecule has 0 radical (unpaired) electrons.